The Kier molecular flexibility index (Phi) is 3.97. The number of hydrogen-bond acceptors (Lipinski definition) is 4. The summed E-state index contributed by atoms with van der Waals surface area (Å²) in [5, 5.41) is 3.53. The Morgan fingerprint density at radius 2 is 1.95 bits per heavy atom. The Hall–Kier alpha value is -2.20. The summed E-state index contributed by atoms with van der Waals surface area (Å²) < 4.78 is 4.66. The van der Waals surface area contributed by atoms with Crippen molar-refractivity contribution in [2.75, 3.05) is 7.11 Å². The van der Waals surface area contributed by atoms with E-state index < -0.39 is 0 Å². The lowest BCUT2D eigenvalue weighted by molar-refractivity contribution is 0.0600. The summed E-state index contributed by atoms with van der Waals surface area (Å²) in [5.41, 5.74) is 4.28. The second-order valence-corrected chi connectivity index (χ2v) is 5.28. The normalized spacial score (nSPS) is 14.0. The van der Waals surface area contributed by atoms with Crippen LogP contribution in [0.2, 0.25) is 0 Å². The van der Waals surface area contributed by atoms with E-state index in [0.717, 1.165) is 18.5 Å². The van der Waals surface area contributed by atoms with Crippen molar-refractivity contribution in [3.05, 3.63) is 65.0 Å². The Morgan fingerprint density at radius 1 is 1.24 bits per heavy atom. The van der Waals surface area contributed by atoms with Crippen LogP contribution in [0.25, 0.3) is 0 Å². The molecule has 0 atom stereocenters. The topological polar surface area (TPSA) is 51.2 Å². The van der Waals surface area contributed by atoms with E-state index in [1.807, 2.05) is 6.07 Å². The predicted molar refractivity (Wildman–Crippen MR) is 80.1 cm³/mol. The van der Waals surface area contributed by atoms with E-state index in [9.17, 15) is 4.79 Å². The van der Waals surface area contributed by atoms with Crippen molar-refractivity contribution in [1.82, 2.24) is 10.3 Å². The van der Waals surface area contributed by atoms with E-state index in [1.54, 1.807) is 12.3 Å². The Bertz CT molecular complexity index is 612. The van der Waals surface area contributed by atoms with Gasteiger partial charge in [-0.2, -0.15) is 0 Å². The first kappa shape index (κ1) is 13.8. The molecule has 4 heteroatoms. The number of carbonyl (C=O) groups is 1. The summed E-state index contributed by atoms with van der Waals surface area (Å²) in [5.74, 6) is -0.353. The number of hydrogen-bond donors (Lipinski definition) is 1. The molecule has 21 heavy (non-hydrogen) atoms. The molecule has 1 aliphatic rings. The molecule has 0 spiro atoms. The summed E-state index contributed by atoms with van der Waals surface area (Å²) in [6.07, 6.45) is 3.69. The molecule has 0 unspecified atom stereocenters. The van der Waals surface area contributed by atoms with Crippen molar-refractivity contribution >= 4 is 5.97 Å². The van der Waals surface area contributed by atoms with Crippen molar-refractivity contribution in [2.24, 2.45) is 0 Å². The highest BCUT2D eigenvalue weighted by atomic mass is 16.5. The van der Waals surface area contributed by atoms with Gasteiger partial charge in [0.1, 0.15) is 0 Å². The molecule has 0 saturated heterocycles. The number of pyridine rings is 1. The minimum Gasteiger partial charge on any atom is -0.465 e. The van der Waals surface area contributed by atoms with Crippen molar-refractivity contribution in [1.29, 1.82) is 0 Å². The van der Waals surface area contributed by atoms with Gasteiger partial charge < -0.3 is 10.1 Å². The molecule has 0 saturated carbocycles. The quantitative estimate of drug-likeness (QED) is 0.873. The fourth-order valence-corrected chi connectivity index (χ4v) is 2.72. The van der Waals surface area contributed by atoms with Gasteiger partial charge in [-0.3, -0.25) is 4.98 Å². The van der Waals surface area contributed by atoms with Gasteiger partial charge in [-0.25, -0.2) is 4.79 Å². The highest BCUT2D eigenvalue weighted by molar-refractivity contribution is 5.88. The van der Waals surface area contributed by atoms with Crippen LogP contribution in [-0.2, 0) is 24.1 Å². The number of esters is 1. The highest BCUT2D eigenvalue weighted by Gasteiger charge is 2.20. The van der Waals surface area contributed by atoms with Gasteiger partial charge in [-0.15, -0.1) is 0 Å². The molecule has 0 radical (unpaired) electrons. The predicted octanol–water partition coefficient (Wildman–Crippen LogP) is 2.13. The first-order valence-corrected chi connectivity index (χ1v) is 7.09. The minimum absolute atomic E-state index is 0.353. The lowest BCUT2D eigenvalue weighted by atomic mass is 10.1. The Balaban J connectivity index is 1.56. The van der Waals surface area contributed by atoms with Gasteiger partial charge in [-0.05, 0) is 36.1 Å². The van der Waals surface area contributed by atoms with Crippen LogP contribution in [-0.4, -0.2) is 24.1 Å². The Labute approximate surface area is 124 Å². The van der Waals surface area contributed by atoms with Crippen LogP contribution >= 0.6 is 0 Å². The maximum Gasteiger partial charge on any atom is 0.339 e. The van der Waals surface area contributed by atoms with Crippen LogP contribution in [0.5, 0.6) is 0 Å². The third-order valence-electron chi connectivity index (χ3n) is 3.87. The lowest BCUT2D eigenvalue weighted by Crippen LogP contribution is -2.29. The third kappa shape index (κ3) is 3.11. The molecule has 0 bridgehead atoms. The number of benzene rings is 1. The second-order valence-electron chi connectivity index (χ2n) is 5.28. The van der Waals surface area contributed by atoms with E-state index in [2.05, 4.69) is 39.3 Å². The molecule has 0 fully saturated rings. The Morgan fingerprint density at radius 3 is 2.52 bits per heavy atom. The minimum atomic E-state index is -0.353. The van der Waals surface area contributed by atoms with Gasteiger partial charge in [-0.1, -0.05) is 24.3 Å². The zero-order valence-electron chi connectivity index (χ0n) is 12.0. The number of nitrogens with zero attached hydrogens (tertiary/aromatic N) is 1. The molecule has 3 rings (SSSR count). The molecule has 2 aromatic rings. The molecule has 0 amide bonds. The number of fused-ring (bicyclic) bond motifs is 1. The van der Waals surface area contributed by atoms with Crippen LogP contribution in [0.15, 0.2) is 42.6 Å². The summed E-state index contributed by atoms with van der Waals surface area (Å²) >= 11 is 0. The van der Waals surface area contributed by atoms with Crippen LogP contribution in [0.1, 0.15) is 27.2 Å². The fraction of sp³-hybridized carbons (Fsp3) is 0.294. The van der Waals surface area contributed by atoms with E-state index in [0.29, 0.717) is 18.2 Å². The molecule has 108 valence electrons. The van der Waals surface area contributed by atoms with Crippen molar-refractivity contribution in [2.45, 2.75) is 25.4 Å². The first-order valence-electron chi connectivity index (χ1n) is 7.09. The second kappa shape index (κ2) is 6.06. The summed E-state index contributed by atoms with van der Waals surface area (Å²) in [7, 11) is 1.37. The van der Waals surface area contributed by atoms with Gasteiger partial charge in [0.2, 0.25) is 0 Å². The molecular formula is C17H18N2O2. The molecule has 1 heterocycles. The molecule has 1 aliphatic carbocycles. The molecule has 4 nitrogen and oxygen atoms in total. The van der Waals surface area contributed by atoms with Gasteiger partial charge in [0.05, 0.1) is 18.4 Å². The van der Waals surface area contributed by atoms with E-state index >= 15 is 0 Å². The average Bonchev–Trinajstić information content (AvgIpc) is 2.95. The number of aromatic nitrogens is 1. The number of ether oxygens (including phenoxy) is 1. The fourth-order valence-electron chi connectivity index (χ4n) is 2.72. The summed E-state index contributed by atoms with van der Waals surface area (Å²) in [6, 6.07) is 12.6. The number of methoxy groups -OCH3 is 1. The van der Waals surface area contributed by atoms with Crippen LogP contribution in [0, 0.1) is 0 Å². The zero-order valence-corrected chi connectivity index (χ0v) is 12.0. The smallest absolute Gasteiger partial charge is 0.339 e. The standard InChI is InChI=1S/C17H18N2O2/c1-21-17(20)14-6-7-15(18-10-14)11-19-16-8-12-4-2-3-5-13(12)9-16/h2-7,10,16,19H,8-9,11H2,1H3. The zero-order chi connectivity index (χ0) is 14.7. The van der Waals surface area contributed by atoms with Crippen LogP contribution in [0.4, 0.5) is 0 Å². The third-order valence-corrected chi connectivity index (χ3v) is 3.87. The van der Waals surface area contributed by atoms with E-state index in [1.165, 1.54) is 18.2 Å². The van der Waals surface area contributed by atoms with Crippen molar-refractivity contribution in [3.8, 4) is 0 Å². The number of nitrogens with one attached hydrogen (secondary N) is 1. The van der Waals surface area contributed by atoms with Crippen molar-refractivity contribution in [3.63, 3.8) is 0 Å². The molecule has 0 aliphatic heterocycles. The number of carbonyl (C=O) groups excluding carboxylic acids is 1. The largest absolute Gasteiger partial charge is 0.465 e. The van der Waals surface area contributed by atoms with Crippen molar-refractivity contribution < 1.29 is 9.53 Å². The van der Waals surface area contributed by atoms with Crippen LogP contribution < -0.4 is 5.32 Å². The van der Waals surface area contributed by atoms with Gasteiger partial charge >= 0.3 is 5.97 Å². The first-order chi connectivity index (χ1) is 10.3. The summed E-state index contributed by atoms with van der Waals surface area (Å²) in [6.45, 7) is 0.708. The van der Waals surface area contributed by atoms with Gasteiger partial charge in [0.15, 0.2) is 0 Å². The van der Waals surface area contributed by atoms with E-state index in [-0.39, 0.29) is 5.97 Å². The maximum absolute atomic E-state index is 11.3. The molecule has 1 aromatic heterocycles. The SMILES string of the molecule is COC(=O)c1ccc(CNC2Cc3ccccc3C2)nc1. The monoisotopic (exact) mass is 282 g/mol. The van der Waals surface area contributed by atoms with Crippen LogP contribution in [0.3, 0.4) is 0 Å². The average molecular weight is 282 g/mol. The molecular weight excluding hydrogens is 264 g/mol. The van der Waals surface area contributed by atoms with E-state index in [4.69, 9.17) is 0 Å². The number of rotatable bonds is 4. The highest BCUT2D eigenvalue weighted by Crippen LogP contribution is 2.21. The van der Waals surface area contributed by atoms with Gasteiger partial charge in [0.25, 0.3) is 0 Å². The summed E-state index contributed by atoms with van der Waals surface area (Å²) in [4.78, 5) is 15.6. The lowest BCUT2D eigenvalue weighted by Gasteiger charge is -2.11. The molecule has 1 N–H and O–H groups in total. The van der Waals surface area contributed by atoms with Gasteiger partial charge in [0, 0.05) is 18.8 Å². The maximum atomic E-state index is 11.3. The molecule has 1 aromatic carbocycles.